The van der Waals surface area contributed by atoms with Crippen molar-refractivity contribution in [2.75, 3.05) is 26.7 Å². The highest BCUT2D eigenvalue weighted by atomic mass is 16.6. The molecule has 1 aromatic rings. The Morgan fingerprint density at radius 2 is 1.93 bits per heavy atom. The van der Waals surface area contributed by atoms with Crippen molar-refractivity contribution in [3.8, 4) is 0 Å². The molecule has 8 nitrogen and oxygen atoms in total. The van der Waals surface area contributed by atoms with Crippen molar-refractivity contribution in [2.45, 2.75) is 66.0 Å². The van der Waals surface area contributed by atoms with Crippen LogP contribution in [0.5, 0.6) is 0 Å². The fraction of sp³-hybridized carbons (Fsp3) is 0.737. The molecule has 0 radical (unpaired) electrons. The zero-order valence-electron chi connectivity index (χ0n) is 18.0. The molecule has 1 aromatic heterocycles. The molecule has 1 rings (SSSR count). The molecular formula is C19H35N5O3. The molecule has 0 saturated carbocycles. The maximum absolute atomic E-state index is 12.1. The highest BCUT2D eigenvalue weighted by molar-refractivity contribution is 5.79. The Labute approximate surface area is 162 Å². The highest BCUT2D eigenvalue weighted by Gasteiger charge is 2.21. The van der Waals surface area contributed by atoms with Gasteiger partial charge in [-0.1, -0.05) is 20.8 Å². The topological polar surface area (TPSA) is 92.0 Å². The molecule has 8 heteroatoms. The predicted molar refractivity (Wildman–Crippen MR) is 107 cm³/mol. The van der Waals surface area contributed by atoms with Gasteiger partial charge in [-0.15, -0.1) is 0 Å². The van der Waals surface area contributed by atoms with Gasteiger partial charge < -0.3 is 24.7 Å². The van der Waals surface area contributed by atoms with Crippen molar-refractivity contribution in [1.82, 2.24) is 20.5 Å². The third-order valence-electron chi connectivity index (χ3n) is 3.63. The molecule has 0 spiro atoms. The van der Waals surface area contributed by atoms with Gasteiger partial charge in [0, 0.05) is 32.1 Å². The number of nitrogens with one attached hydrogen (secondary N) is 2. The number of amides is 1. The summed E-state index contributed by atoms with van der Waals surface area (Å²) in [5.74, 6) is 2.07. The van der Waals surface area contributed by atoms with Crippen LogP contribution in [0, 0.1) is 0 Å². The number of likely N-dealkylation sites (N-methyl/N-ethyl adjacent to an activating group) is 1. The van der Waals surface area contributed by atoms with Crippen LogP contribution in [-0.4, -0.2) is 54.2 Å². The Morgan fingerprint density at radius 1 is 1.26 bits per heavy atom. The number of hydrogen-bond donors (Lipinski definition) is 2. The Morgan fingerprint density at radius 3 is 2.41 bits per heavy atom. The van der Waals surface area contributed by atoms with Gasteiger partial charge in [-0.3, -0.25) is 4.99 Å². The summed E-state index contributed by atoms with van der Waals surface area (Å²) in [6.07, 6.45) is 1.44. The van der Waals surface area contributed by atoms with Crippen molar-refractivity contribution >= 4 is 12.1 Å². The first-order valence-corrected chi connectivity index (χ1v) is 9.34. The number of guanidine groups is 1. The van der Waals surface area contributed by atoms with E-state index in [1.54, 1.807) is 18.1 Å². The molecule has 0 fully saturated rings. The molecule has 0 aliphatic heterocycles. The van der Waals surface area contributed by atoms with Gasteiger partial charge in [0.1, 0.15) is 11.4 Å². The summed E-state index contributed by atoms with van der Waals surface area (Å²) in [6.45, 7) is 15.8. The number of carbonyl (C=O) groups excluding carboxylic acids is 1. The lowest BCUT2D eigenvalue weighted by Crippen LogP contribution is -2.44. The molecule has 2 N–H and O–H groups in total. The van der Waals surface area contributed by atoms with Gasteiger partial charge in [0.2, 0.25) is 5.89 Å². The van der Waals surface area contributed by atoms with Crippen LogP contribution in [0.2, 0.25) is 0 Å². The molecule has 0 aromatic carbocycles. The molecule has 1 heterocycles. The molecule has 27 heavy (non-hydrogen) atoms. The third kappa shape index (κ3) is 8.32. The summed E-state index contributed by atoms with van der Waals surface area (Å²) < 4.78 is 11.2. The number of rotatable bonds is 6. The number of oxazole rings is 1. The molecule has 0 unspecified atom stereocenters. The van der Waals surface area contributed by atoms with Crippen molar-refractivity contribution < 1.29 is 13.9 Å². The van der Waals surface area contributed by atoms with Crippen molar-refractivity contribution in [2.24, 2.45) is 4.99 Å². The number of carbonyl (C=O) groups is 1. The van der Waals surface area contributed by atoms with Crippen LogP contribution in [0.15, 0.2) is 15.6 Å². The van der Waals surface area contributed by atoms with Crippen LogP contribution in [0.1, 0.15) is 60.1 Å². The molecule has 0 aliphatic carbocycles. The summed E-state index contributed by atoms with van der Waals surface area (Å²) in [5.41, 5.74) is -0.575. The van der Waals surface area contributed by atoms with E-state index in [1.165, 1.54) is 0 Å². The number of aromatic nitrogens is 1. The molecule has 0 atom stereocenters. The van der Waals surface area contributed by atoms with Gasteiger partial charge in [-0.05, 0) is 27.7 Å². The highest BCUT2D eigenvalue weighted by Crippen LogP contribution is 2.22. The maximum Gasteiger partial charge on any atom is 0.410 e. The first kappa shape index (κ1) is 22.8. The van der Waals surface area contributed by atoms with E-state index in [2.05, 4.69) is 41.4 Å². The second kappa shape index (κ2) is 9.62. The van der Waals surface area contributed by atoms with Crippen LogP contribution in [0.4, 0.5) is 4.79 Å². The van der Waals surface area contributed by atoms with E-state index in [4.69, 9.17) is 9.15 Å². The third-order valence-corrected chi connectivity index (χ3v) is 3.63. The lowest BCUT2D eigenvalue weighted by molar-refractivity contribution is 0.0264. The van der Waals surface area contributed by atoms with Gasteiger partial charge in [-0.25, -0.2) is 9.78 Å². The number of ether oxygens (including phenoxy) is 1. The van der Waals surface area contributed by atoms with E-state index in [0.29, 0.717) is 38.0 Å². The quantitative estimate of drug-likeness (QED) is 0.581. The van der Waals surface area contributed by atoms with E-state index >= 15 is 0 Å². The number of aliphatic imine (C=N–C) groups is 1. The van der Waals surface area contributed by atoms with Crippen LogP contribution in [0.3, 0.4) is 0 Å². The Balaban J connectivity index is 2.45. The van der Waals surface area contributed by atoms with Gasteiger partial charge in [0.05, 0.1) is 12.7 Å². The largest absolute Gasteiger partial charge is 0.444 e. The summed E-state index contributed by atoms with van der Waals surface area (Å²) >= 11 is 0. The Bertz CT molecular complexity index is 626. The normalized spacial score (nSPS) is 12.7. The number of hydrogen-bond acceptors (Lipinski definition) is 5. The van der Waals surface area contributed by atoms with Gasteiger partial charge in [0.25, 0.3) is 0 Å². The van der Waals surface area contributed by atoms with Crippen molar-refractivity contribution in [3.63, 3.8) is 0 Å². The molecular weight excluding hydrogens is 346 g/mol. The van der Waals surface area contributed by atoms with Gasteiger partial charge >= 0.3 is 6.09 Å². The SMILES string of the molecule is CCN(CCNC(=NC)NCc1ncc(C(C)(C)C)o1)C(=O)OC(C)(C)C. The van der Waals surface area contributed by atoms with E-state index in [-0.39, 0.29) is 11.5 Å². The average molecular weight is 382 g/mol. The lowest BCUT2D eigenvalue weighted by atomic mass is 9.94. The smallest absolute Gasteiger partial charge is 0.410 e. The van der Waals surface area contributed by atoms with E-state index < -0.39 is 5.60 Å². The minimum absolute atomic E-state index is 0.0730. The second-order valence-corrected chi connectivity index (χ2v) is 8.28. The van der Waals surface area contributed by atoms with Crippen LogP contribution < -0.4 is 10.6 Å². The summed E-state index contributed by atoms with van der Waals surface area (Å²) in [6, 6.07) is 0. The molecule has 0 aliphatic rings. The molecule has 0 saturated heterocycles. The van der Waals surface area contributed by atoms with Crippen LogP contribution in [-0.2, 0) is 16.7 Å². The van der Waals surface area contributed by atoms with Gasteiger partial charge in [-0.2, -0.15) is 0 Å². The first-order valence-electron chi connectivity index (χ1n) is 9.34. The maximum atomic E-state index is 12.1. The minimum atomic E-state index is -0.503. The standard InChI is InChI=1S/C19H35N5O3/c1-9-24(17(25)27-19(5,6)7)11-10-21-16(20-8)23-13-15-22-12-14(26-15)18(2,3)4/h12H,9-11,13H2,1-8H3,(H2,20,21,23). The molecule has 0 bridgehead atoms. The molecule has 154 valence electrons. The van der Waals surface area contributed by atoms with Crippen molar-refractivity contribution in [1.29, 1.82) is 0 Å². The fourth-order valence-electron chi connectivity index (χ4n) is 2.13. The summed E-state index contributed by atoms with van der Waals surface area (Å²) in [7, 11) is 1.69. The predicted octanol–water partition coefficient (Wildman–Crippen LogP) is 2.89. The van der Waals surface area contributed by atoms with Crippen LogP contribution >= 0.6 is 0 Å². The van der Waals surface area contributed by atoms with Crippen LogP contribution in [0.25, 0.3) is 0 Å². The van der Waals surface area contributed by atoms with E-state index in [9.17, 15) is 4.79 Å². The lowest BCUT2D eigenvalue weighted by Gasteiger charge is -2.26. The molecule has 1 amide bonds. The first-order chi connectivity index (χ1) is 12.5. The van der Waals surface area contributed by atoms with E-state index in [1.807, 2.05) is 27.7 Å². The Hall–Kier alpha value is -2.25. The summed E-state index contributed by atoms with van der Waals surface area (Å²) in [4.78, 5) is 22.2. The second-order valence-electron chi connectivity index (χ2n) is 8.28. The minimum Gasteiger partial charge on any atom is -0.444 e. The summed E-state index contributed by atoms with van der Waals surface area (Å²) in [5, 5.41) is 6.34. The average Bonchev–Trinajstić information content (AvgIpc) is 3.01. The van der Waals surface area contributed by atoms with Gasteiger partial charge in [0.15, 0.2) is 5.96 Å². The Kier molecular flexibility index (Phi) is 8.12. The van der Waals surface area contributed by atoms with Crippen molar-refractivity contribution in [3.05, 3.63) is 17.8 Å². The zero-order chi connectivity index (χ0) is 20.7. The van der Waals surface area contributed by atoms with E-state index in [0.717, 1.165) is 5.76 Å². The number of nitrogens with zero attached hydrogens (tertiary/aromatic N) is 3. The monoisotopic (exact) mass is 381 g/mol. The fourth-order valence-corrected chi connectivity index (χ4v) is 2.13. The zero-order valence-corrected chi connectivity index (χ0v) is 18.0.